The molecule has 0 atom stereocenters. The molecular weight excluding hydrogens is 274 g/mol. The molecule has 13 heavy (non-hydrogen) atoms. The highest BCUT2D eigenvalue weighted by molar-refractivity contribution is 9.10. The Hall–Kier alpha value is -0.550. The lowest BCUT2D eigenvalue weighted by Crippen LogP contribution is -1.94. The highest BCUT2D eigenvalue weighted by atomic mass is 79.9. The molecule has 0 bridgehead atoms. The van der Waals surface area contributed by atoms with Crippen LogP contribution in [0.5, 0.6) is 0 Å². The summed E-state index contributed by atoms with van der Waals surface area (Å²) < 4.78 is 26.3. The van der Waals surface area contributed by atoms with E-state index in [0.29, 0.717) is 0 Å². The van der Waals surface area contributed by atoms with Crippen molar-refractivity contribution < 1.29 is 8.42 Å². The molecular formula is C7H4BrNO2S2. The molecule has 0 saturated heterocycles. The molecule has 68 valence electrons. The van der Waals surface area contributed by atoms with Gasteiger partial charge in [-0.1, -0.05) is 15.9 Å². The fourth-order valence-corrected chi connectivity index (χ4v) is 1.95. The molecule has 0 radical (unpaired) electrons. The number of rotatable bonds is 2. The van der Waals surface area contributed by atoms with Crippen molar-refractivity contribution in [2.45, 2.75) is 4.90 Å². The quantitative estimate of drug-likeness (QED) is 0.615. The van der Waals surface area contributed by atoms with E-state index in [4.69, 9.17) is 0 Å². The molecule has 1 aromatic rings. The second-order valence-corrected chi connectivity index (χ2v) is 4.81. The number of halogens is 1. The zero-order valence-electron chi connectivity index (χ0n) is 6.27. The van der Waals surface area contributed by atoms with E-state index in [1.165, 1.54) is 12.1 Å². The first-order chi connectivity index (χ1) is 6.06. The van der Waals surface area contributed by atoms with Crippen molar-refractivity contribution in [1.29, 1.82) is 0 Å². The molecule has 0 saturated carbocycles. The summed E-state index contributed by atoms with van der Waals surface area (Å²) in [7, 11) is -3.64. The van der Waals surface area contributed by atoms with Gasteiger partial charge in [0.1, 0.15) is 0 Å². The SMILES string of the molecule is O=S(=O)(N=C=S)c1ccc(Br)cc1. The molecule has 0 N–H and O–H groups in total. The minimum atomic E-state index is -3.64. The molecule has 0 fully saturated rings. The first-order valence-corrected chi connectivity index (χ1v) is 5.80. The van der Waals surface area contributed by atoms with E-state index in [1.54, 1.807) is 12.1 Å². The standard InChI is InChI=1S/C7H4BrNO2S2/c8-6-1-3-7(4-2-6)13(10,11)9-5-12/h1-4H. The van der Waals surface area contributed by atoms with E-state index < -0.39 is 10.0 Å². The Morgan fingerprint density at radius 3 is 2.31 bits per heavy atom. The summed E-state index contributed by atoms with van der Waals surface area (Å²) in [5.74, 6) is 0. The Morgan fingerprint density at radius 2 is 1.85 bits per heavy atom. The fraction of sp³-hybridized carbons (Fsp3) is 0. The van der Waals surface area contributed by atoms with Crippen LogP contribution < -0.4 is 0 Å². The summed E-state index contributed by atoms with van der Waals surface area (Å²) in [5.41, 5.74) is 0. The van der Waals surface area contributed by atoms with Crippen LogP contribution in [0.4, 0.5) is 0 Å². The van der Waals surface area contributed by atoms with Crippen molar-refractivity contribution >= 4 is 43.3 Å². The number of hydrogen-bond donors (Lipinski definition) is 0. The van der Waals surface area contributed by atoms with Gasteiger partial charge in [0.15, 0.2) is 0 Å². The topological polar surface area (TPSA) is 46.5 Å². The molecule has 0 spiro atoms. The lowest BCUT2D eigenvalue weighted by atomic mass is 10.4. The first kappa shape index (κ1) is 10.5. The van der Waals surface area contributed by atoms with E-state index in [0.717, 1.165) is 4.47 Å². The smallest absolute Gasteiger partial charge is 0.199 e. The number of hydrogen-bond acceptors (Lipinski definition) is 3. The summed E-state index contributed by atoms with van der Waals surface area (Å²) >= 11 is 7.41. The van der Waals surface area contributed by atoms with E-state index in [-0.39, 0.29) is 4.90 Å². The minimum absolute atomic E-state index is 0.105. The average molecular weight is 278 g/mol. The van der Waals surface area contributed by atoms with Gasteiger partial charge in [0.2, 0.25) is 0 Å². The van der Waals surface area contributed by atoms with Crippen LogP contribution in [-0.2, 0) is 10.0 Å². The molecule has 0 amide bonds. The Labute approximate surface area is 89.7 Å². The number of sulfonamides is 1. The highest BCUT2D eigenvalue weighted by Gasteiger charge is 2.10. The fourth-order valence-electron chi connectivity index (χ4n) is 0.708. The molecule has 3 nitrogen and oxygen atoms in total. The van der Waals surface area contributed by atoms with Crippen molar-refractivity contribution in [2.75, 3.05) is 0 Å². The number of benzene rings is 1. The van der Waals surface area contributed by atoms with Crippen molar-refractivity contribution in [2.24, 2.45) is 4.40 Å². The number of thiocarbonyl (C=S) groups is 1. The van der Waals surface area contributed by atoms with Gasteiger partial charge in [0, 0.05) is 4.47 Å². The third kappa shape index (κ3) is 2.70. The Bertz CT molecular complexity index is 446. The maximum Gasteiger partial charge on any atom is 0.290 e. The first-order valence-electron chi connectivity index (χ1n) is 3.16. The van der Waals surface area contributed by atoms with Gasteiger partial charge in [-0.15, -0.1) is 4.40 Å². The van der Waals surface area contributed by atoms with Gasteiger partial charge in [-0.2, -0.15) is 8.42 Å². The second kappa shape index (κ2) is 4.11. The third-order valence-corrected chi connectivity index (χ3v) is 3.20. The average Bonchev–Trinajstić information content (AvgIpc) is 2.05. The summed E-state index contributed by atoms with van der Waals surface area (Å²) in [6.07, 6.45) is 0. The minimum Gasteiger partial charge on any atom is -0.199 e. The lowest BCUT2D eigenvalue weighted by Gasteiger charge is -1.95. The lowest BCUT2D eigenvalue weighted by molar-refractivity contribution is 0.598. The molecule has 0 unspecified atom stereocenters. The van der Waals surface area contributed by atoms with Crippen LogP contribution in [0.1, 0.15) is 0 Å². The highest BCUT2D eigenvalue weighted by Crippen LogP contribution is 2.15. The maximum atomic E-state index is 11.2. The van der Waals surface area contributed by atoms with E-state index in [9.17, 15) is 8.42 Å². The van der Waals surface area contributed by atoms with Crippen LogP contribution in [0.2, 0.25) is 0 Å². The molecule has 6 heteroatoms. The van der Waals surface area contributed by atoms with Gasteiger partial charge in [0.25, 0.3) is 10.0 Å². The van der Waals surface area contributed by atoms with Crippen LogP contribution in [0.3, 0.4) is 0 Å². The summed E-state index contributed by atoms with van der Waals surface area (Å²) in [6, 6.07) is 6.11. The third-order valence-electron chi connectivity index (χ3n) is 1.27. The molecule has 0 aromatic heterocycles. The molecule has 1 aromatic carbocycles. The summed E-state index contributed by atoms with van der Waals surface area (Å²) in [5, 5.41) is 1.83. The van der Waals surface area contributed by atoms with Gasteiger partial charge >= 0.3 is 0 Å². The zero-order chi connectivity index (χ0) is 9.90. The van der Waals surface area contributed by atoms with Crippen molar-refractivity contribution in [3.8, 4) is 0 Å². The molecule has 0 aliphatic carbocycles. The number of isothiocyanates is 1. The van der Waals surface area contributed by atoms with Gasteiger partial charge in [-0.05, 0) is 36.5 Å². The van der Waals surface area contributed by atoms with Crippen molar-refractivity contribution in [3.63, 3.8) is 0 Å². The van der Waals surface area contributed by atoms with E-state index in [1.807, 2.05) is 5.16 Å². The summed E-state index contributed by atoms with van der Waals surface area (Å²) in [4.78, 5) is 0.105. The van der Waals surface area contributed by atoms with Crippen LogP contribution in [0, 0.1) is 0 Å². The van der Waals surface area contributed by atoms with E-state index >= 15 is 0 Å². The largest absolute Gasteiger partial charge is 0.290 e. The molecule has 0 heterocycles. The van der Waals surface area contributed by atoms with Crippen LogP contribution in [-0.4, -0.2) is 13.6 Å². The van der Waals surface area contributed by atoms with Crippen LogP contribution >= 0.6 is 28.1 Å². The molecule has 0 aliphatic rings. The van der Waals surface area contributed by atoms with Crippen molar-refractivity contribution in [3.05, 3.63) is 28.7 Å². The monoisotopic (exact) mass is 277 g/mol. The molecule has 1 rings (SSSR count). The van der Waals surface area contributed by atoms with Gasteiger partial charge in [-0.3, -0.25) is 0 Å². The molecule has 0 aliphatic heterocycles. The van der Waals surface area contributed by atoms with Gasteiger partial charge < -0.3 is 0 Å². The Morgan fingerprint density at radius 1 is 1.31 bits per heavy atom. The van der Waals surface area contributed by atoms with Crippen LogP contribution in [0.15, 0.2) is 38.0 Å². The van der Waals surface area contributed by atoms with Gasteiger partial charge in [-0.25, -0.2) is 0 Å². The van der Waals surface area contributed by atoms with Crippen LogP contribution in [0.25, 0.3) is 0 Å². The summed E-state index contributed by atoms with van der Waals surface area (Å²) in [6.45, 7) is 0. The van der Waals surface area contributed by atoms with E-state index in [2.05, 4.69) is 32.5 Å². The van der Waals surface area contributed by atoms with Crippen molar-refractivity contribution in [1.82, 2.24) is 0 Å². The Balaban J connectivity index is 3.24. The number of nitrogens with zero attached hydrogens (tertiary/aromatic N) is 1. The van der Waals surface area contributed by atoms with Gasteiger partial charge in [0.05, 0.1) is 10.1 Å². The normalized spacial score (nSPS) is 10.5. The Kier molecular flexibility index (Phi) is 3.33. The predicted octanol–water partition coefficient (Wildman–Crippen LogP) is 2.24. The maximum absolute atomic E-state index is 11.2. The predicted molar refractivity (Wildman–Crippen MR) is 56.4 cm³/mol. The zero-order valence-corrected chi connectivity index (χ0v) is 9.49. The second-order valence-electron chi connectivity index (χ2n) is 2.11.